The number of hydrogen-bond donors (Lipinski definition) is 0. The third-order valence-corrected chi connectivity index (χ3v) is 2.35. The number of aryl methyl sites for hydroxylation is 1. The highest BCUT2D eigenvalue weighted by molar-refractivity contribution is 5.89. The van der Waals surface area contributed by atoms with Crippen LogP contribution in [0, 0.1) is 6.92 Å². The Morgan fingerprint density at radius 3 is 2.53 bits per heavy atom. The molecular formula is C15H22N2O2. The molecule has 0 atom stereocenters. The third kappa shape index (κ3) is 3.56. The van der Waals surface area contributed by atoms with E-state index in [2.05, 4.69) is 4.98 Å². The third-order valence-electron chi connectivity index (χ3n) is 2.35. The Morgan fingerprint density at radius 1 is 1.32 bits per heavy atom. The van der Waals surface area contributed by atoms with Gasteiger partial charge in [-0.3, -0.25) is 0 Å². The van der Waals surface area contributed by atoms with Gasteiger partial charge in [0.25, 0.3) is 0 Å². The molecule has 0 saturated heterocycles. The highest BCUT2D eigenvalue weighted by atomic mass is 16.6. The number of fused-ring (bicyclic) bond motifs is 1. The average molecular weight is 262 g/mol. The van der Waals surface area contributed by atoms with Crippen molar-refractivity contribution in [3.63, 3.8) is 0 Å². The minimum atomic E-state index is -0.504. The van der Waals surface area contributed by atoms with E-state index in [0.717, 1.165) is 10.9 Å². The Balaban J connectivity index is 0.000000861. The summed E-state index contributed by atoms with van der Waals surface area (Å²) in [5, 5.41) is 0.971. The van der Waals surface area contributed by atoms with E-state index in [4.69, 9.17) is 4.74 Å². The molecular weight excluding hydrogens is 240 g/mol. The van der Waals surface area contributed by atoms with Crippen molar-refractivity contribution in [2.75, 3.05) is 0 Å². The van der Waals surface area contributed by atoms with Crippen LogP contribution in [0.15, 0.2) is 24.5 Å². The quantitative estimate of drug-likeness (QED) is 0.716. The highest BCUT2D eigenvalue weighted by Crippen LogP contribution is 2.19. The van der Waals surface area contributed by atoms with Crippen molar-refractivity contribution in [2.24, 2.45) is 0 Å². The largest absolute Gasteiger partial charge is 0.443 e. The van der Waals surface area contributed by atoms with Crippen molar-refractivity contribution >= 4 is 17.1 Å². The normalized spacial score (nSPS) is 10.8. The van der Waals surface area contributed by atoms with Crippen LogP contribution < -0.4 is 0 Å². The van der Waals surface area contributed by atoms with Crippen molar-refractivity contribution < 1.29 is 9.53 Å². The zero-order valence-electron chi connectivity index (χ0n) is 12.5. The van der Waals surface area contributed by atoms with Gasteiger partial charge in [0.1, 0.15) is 11.2 Å². The van der Waals surface area contributed by atoms with Gasteiger partial charge in [0.15, 0.2) is 0 Å². The van der Waals surface area contributed by atoms with E-state index in [1.165, 1.54) is 4.57 Å². The zero-order valence-corrected chi connectivity index (χ0v) is 12.5. The smallest absolute Gasteiger partial charge is 0.420 e. The fourth-order valence-corrected chi connectivity index (χ4v) is 1.67. The van der Waals surface area contributed by atoms with Gasteiger partial charge in [-0.15, -0.1) is 0 Å². The molecule has 104 valence electrons. The maximum absolute atomic E-state index is 12.0. The van der Waals surface area contributed by atoms with Crippen LogP contribution >= 0.6 is 0 Å². The van der Waals surface area contributed by atoms with Gasteiger partial charge in [0.2, 0.25) is 0 Å². The fourth-order valence-electron chi connectivity index (χ4n) is 1.67. The first-order valence-corrected chi connectivity index (χ1v) is 6.54. The molecule has 4 nitrogen and oxygen atoms in total. The van der Waals surface area contributed by atoms with Crippen molar-refractivity contribution in [3.8, 4) is 0 Å². The Labute approximate surface area is 114 Å². The lowest BCUT2D eigenvalue weighted by Crippen LogP contribution is -2.26. The second-order valence-electron chi connectivity index (χ2n) is 5.04. The number of rotatable bonds is 0. The van der Waals surface area contributed by atoms with Crippen molar-refractivity contribution in [3.05, 3.63) is 30.1 Å². The van der Waals surface area contributed by atoms with E-state index >= 15 is 0 Å². The van der Waals surface area contributed by atoms with E-state index in [1.54, 1.807) is 12.4 Å². The predicted octanol–water partition coefficient (Wildman–Crippen LogP) is 4.15. The number of pyridine rings is 1. The summed E-state index contributed by atoms with van der Waals surface area (Å²) in [6.07, 6.45) is 3.03. The Hall–Kier alpha value is -1.84. The minimum Gasteiger partial charge on any atom is -0.443 e. The molecule has 2 heterocycles. The van der Waals surface area contributed by atoms with E-state index in [-0.39, 0.29) is 0 Å². The van der Waals surface area contributed by atoms with Gasteiger partial charge in [0, 0.05) is 17.8 Å². The summed E-state index contributed by atoms with van der Waals surface area (Å²) in [5.74, 6) is 0. The highest BCUT2D eigenvalue weighted by Gasteiger charge is 2.20. The lowest BCUT2D eigenvalue weighted by molar-refractivity contribution is 0.0543. The maximum atomic E-state index is 12.0. The molecule has 19 heavy (non-hydrogen) atoms. The topological polar surface area (TPSA) is 44.1 Å². The molecule has 0 bridgehead atoms. The molecule has 0 fully saturated rings. The van der Waals surface area contributed by atoms with Crippen molar-refractivity contribution in [2.45, 2.75) is 47.1 Å². The molecule has 2 rings (SSSR count). The van der Waals surface area contributed by atoms with Gasteiger partial charge < -0.3 is 4.74 Å². The van der Waals surface area contributed by atoms with Gasteiger partial charge in [-0.1, -0.05) is 13.8 Å². The summed E-state index contributed by atoms with van der Waals surface area (Å²) >= 11 is 0. The van der Waals surface area contributed by atoms with Crippen molar-refractivity contribution in [1.82, 2.24) is 9.55 Å². The van der Waals surface area contributed by atoms with Gasteiger partial charge in [-0.25, -0.2) is 14.3 Å². The van der Waals surface area contributed by atoms with E-state index in [9.17, 15) is 4.79 Å². The van der Waals surface area contributed by atoms with Crippen molar-refractivity contribution in [1.29, 1.82) is 0 Å². The molecule has 0 radical (unpaired) electrons. The first kappa shape index (κ1) is 15.2. The first-order valence-electron chi connectivity index (χ1n) is 6.54. The summed E-state index contributed by atoms with van der Waals surface area (Å²) in [6.45, 7) is 11.5. The number of hydrogen-bond acceptors (Lipinski definition) is 3. The summed E-state index contributed by atoms with van der Waals surface area (Å²) in [5.41, 5.74) is 1.15. The molecule has 0 aliphatic rings. The Bertz CT molecular complexity index is 565. The van der Waals surface area contributed by atoms with Crippen LogP contribution in [0.25, 0.3) is 11.0 Å². The van der Waals surface area contributed by atoms with E-state index < -0.39 is 11.7 Å². The molecule has 0 aromatic carbocycles. The predicted molar refractivity (Wildman–Crippen MR) is 77.5 cm³/mol. The summed E-state index contributed by atoms with van der Waals surface area (Å²) < 4.78 is 6.78. The number of carbonyl (C=O) groups is 1. The van der Waals surface area contributed by atoms with Crippen LogP contribution in [-0.2, 0) is 4.74 Å². The molecule has 2 aromatic heterocycles. The van der Waals surface area contributed by atoms with E-state index in [0.29, 0.717) is 5.65 Å². The summed E-state index contributed by atoms with van der Waals surface area (Å²) in [7, 11) is 0. The van der Waals surface area contributed by atoms with Gasteiger partial charge in [0.05, 0.1) is 0 Å². The summed E-state index contributed by atoms with van der Waals surface area (Å²) in [4.78, 5) is 16.2. The molecule has 0 amide bonds. The summed E-state index contributed by atoms with van der Waals surface area (Å²) in [6, 6.07) is 3.80. The van der Waals surface area contributed by atoms with Crippen LogP contribution in [0.2, 0.25) is 0 Å². The maximum Gasteiger partial charge on any atom is 0.420 e. The average Bonchev–Trinajstić information content (AvgIpc) is 2.68. The molecule has 0 spiro atoms. The fraction of sp³-hybridized carbons (Fsp3) is 0.467. The number of nitrogens with zero attached hydrogens (tertiary/aromatic N) is 2. The molecule has 0 aliphatic carbocycles. The monoisotopic (exact) mass is 262 g/mol. The van der Waals surface area contributed by atoms with E-state index in [1.807, 2.05) is 53.7 Å². The number of carbonyl (C=O) groups excluding carboxylic acids is 1. The second kappa shape index (κ2) is 5.87. The van der Waals surface area contributed by atoms with Gasteiger partial charge >= 0.3 is 6.09 Å². The first-order chi connectivity index (χ1) is 8.88. The number of ether oxygens (including phenoxy) is 1. The second-order valence-corrected chi connectivity index (χ2v) is 5.04. The molecule has 0 aliphatic heterocycles. The zero-order chi connectivity index (χ0) is 14.6. The van der Waals surface area contributed by atoms with Crippen LogP contribution in [0.5, 0.6) is 0 Å². The Kier molecular flexibility index (Phi) is 4.70. The van der Waals surface area contributed by atoms with Crippen LogP contribution in [0.3, 0.4) is 0 Å². The molecule has 0 unspecified atom stereocenters. The SMILES string of the molecule is CC.Cc1cn(C(=O)OC(C)(C)C)c2ncccc12. The Morgan fingerprint density at radius 2 is 1.95 bits per heavy atom. The molecule has 2 aromatic rings. The lowest BCUT2D eigenvalue weighted by atomic mass is 10.2. The van der Waals surface area contributed by atoms with Crippen LogP contribution in [-0.4, -0.2) is 21.2 Å². The van der Waals surface area contributed by atoms with Crippen LogP contribution in [0.4, 0.5) is 4.79 Å². The molecule has 0 N–H and O–H groups in total. The van der Waals surface area contributed by atoms with Gasteiger partial charge in [-0.2, -0.15) is 0 Å². The minimum absolute atomic E-state index is 0.394. The van der Waals surface area contributed by atoms with Gasteiger partial charge in [-0.05, 0) is 45.4 Å². The molecule has 4 heteroatoms. The lowest BCUT2D eigenvalue weighted by Gasteiger charge is -2.19. The van der Waals surface area contributed by atoms with Crippen LogP contribution in [0.1, 0.15) is 40.2 Å². The standard InChI is InChI=1S/C13H16N2O2.C2H6/c1-9-8-15(12(16)17-13(2,3)4)11-10(9)6-5-7-14-11;1-2/h5-8H,1-4H3;1-2H3. The number of aromatic nitrogens is 2. The molecule has 0 saturated carbocycles.